The summed E-state index contributed by atoms with van der Waals surface area (Å²) in [4.78, 5) is 59.2. The van der Waals surface area contributed by atoms with Crippen molar-refractivity contribution in [3.05, 3.63) is 90.5 Å². The molecule has 2 N–H and O–H groups in total. The number of ether oxygens (including phenoxy) is 2. The van der Waals surface area contributed by atoms with E-state index in [4.69, 9.17) is 9.47 Å². The van der Waals surface area contributed by atoms with Crippen LogP contribution in [0.15, 0.2) is 73.8 Å². The predicted molar refractivity (Wildman–Crippen MR) is 190 cm³/mol. The number of para-hydroxylation sites is 1. The van der Waals surface area contributed by atoms with Gasteiger partial charge in [0.15, 0.2) is 0 Å². The highest BCUT2D eigenvalue weighted by molar-refractivity contribution is 9.09. The van der Waals surface area contributed by atoms with E-state index in [1.807, 2.05) is 62.4 Å². The lowest BCUT2D eigenvalue weighted by Crippen LogP contribution is -2.59. The van der Waals surface area contributed by atoms with Gasteiger partial charge in [-0.15, -0.1) is 13.2 Å². The monoisotopic (exact) mass is 735 g/mol. The standard InChI is InChI=1S/C38H46BrN3O7/c1-7-9-18-28(44)40-25(6)32(26-16-11-10-12-17-26)48-37(47)29-30-35(45)42(24(5)21-43)34(38(30)20-27(39)33(29)49-38)36(46)41(19-8-2)31-22(3)14-13-15-23(31)4/h7-8,10-17,24-25,27,29-30,32-34,43H,1-2,9,18-21H2,3-6H3,(H,40,44)/t24-,25+,27?,29+,30-,32+,33+,34+,38-/m1/s1. The van der Waals surface area contributed by atoms with E-state index < -0.39 is 66.3 Å². The molecule has 2 bridgehead atoms. The Balaban J connectivity index is 1.53. The van der Waals surface area contributed by atoms with Crippen LogP contribution in [0, 0.1) is 25.7 Å². The molecule has 3 saturated heterocycles. The van der Waals surface area contributed by atoms with Gasteiger partial charge in [0, 0.05) is 23.5 Å². The van der Waals surface area contributed by atoms with Crippen LogP contribution in [-0.2, 0) is 28.7 Å². The van der Waals surface area contributed by atoms with Gasteiger partial charge in [-0.05, 0) is 57.2 Å². The molecule has 3 aliphatic rings. The first-order chi connectivity index (χ1) is 23.4. The van der Waals surface area contributed by atoms with E-state index in [0.29, 0.717) is 24.1 Å². The minimum absolute atomic E-state index is 0.180. The van der Waals surface area contributed by atoms with Crippen LogP contribution in [0.3, 0.4) is 0 Å². The number of nitrogens with zero attached hydrogens (tertiary/aromatic N) is 2. The molecule has 0 saturated carbocycles. The SMILES string of the molecule is C=CCCC(=O)N[C@@H](C)[C@H](OC(=O)[C@@H]1[C@H]2O[C@@]3(CC2Br)[C@H](C(=O)N(CC=C)c2c(C)cccc2C)N([C@H](C)CO)C(=O)[C@@H]13)c1ccccc1. The van der Waals surface area contributed by atoms with Crippen molar-refractivity contribution in [2.24, 2.45) is 11.8 Å². The van der Waals surface area contributed by atoms with Crippen LogP contribution in [0.5, 0.6) is 0 Å². The lowest BCUT2D eigenvalue weighted by atomic mass is 9.70. The summed E-state index contributed by atoms with van der Waals surface area (Å²) in [7, 11) is 0. The number of rotatable bonds is 14. The number of benzene rings is 2. The summed E-state index contributed by atoms with van der Waals surface area (Å²) >= 11 is 3.72. The maximum absolute atomic E-state index is 14.9. The topological polar surface area (TPSA) is 125 Å². The fourth-order valence-electron chi connectivity index (χ4n) is 7.92. The zero-order chi connectivity index (χ0) is 35.6. The summed E-state index contributed by atoms with van der Waals surface area (Å²) in [5, 5.41) is 13.3. The van der Waals surface area contributed by atoms with Crippen molar-refractivity contribution in [1.29, 1.82) is 0 Å². The fraction of sp³-hybridized carbons (Fsp3) is 0.474. The summed E-state index contributed by atoms with van der Waals surface area (Å²) in [6.45, 7) is 14.7. The van der Waals surface area contributed by atoms with Gasteiger partial charge in [0.05, 0.1) is 36.6 Å². The van der Waals surface area contributed by atoms with Crippen LogP contribution >= 0.6 is 15.9 Å². The molecule has 10 nitrogen and oxygen atoms in total. The minimum atomic E-state index is -1.36. The Morgan fingerprint density at radius 2 is 1.80 bits per heavy atom. The number of amides is 3. The van der Waals surface area contributed by atoms with Gasteiger partial charge < -0.3 is 29.7 Å². The van der Waals surface area contributed by atoms with Gasteiger partial charge in [-0.25, -0.2) is 0 Å². The molecular formula is C38H46BrN3O7. The third-order valence-corrected chi connectivity index (χ3v) is 10.9. The predicted octanol–water partition coefficient (Wildman–Crippen LogP) is 4.71. The number of nitrogens with one attached hydrogen (secondary N) is 1. The van der Waals surface area contributed by atoms with E-state index in [1.165, 1.54) is 4.90 Å². The second kappa shape index (κ2) is 15.0. The summed E-state index contributed by atoms with van der Waals surface area (Å²) < 4.78 is 12.9. The molecule has 1 spiro atoms. The molecule has 1 unspecified atom stereocenters. The Morgan fingerprint density at radius 1 is 1.12 bits per heavy atom. The van der Waals surface area contributed by atoms with Gasteiger partial charge in [-0.1, -0.05) is 76.6 Å². The average molecular weight is 737 g/mol. The molecule has 2 aromatic carbocycles. The number of fused-ring (bicyclic) bond motifs is 1. The Kier molecular flexibility index (Phi) is 11.2. The highest BCUT2D eigenvalue weighted by Crippen LogP contribution is 2.61. The van der Waals surface area contributed by atoms with Crippen molar-refractivity contribution in [1.82, 2.24) is 10.2 Å². The van der Waals surface area contributed by atoms with Gasteiger partial charge in [0.1, 0.15) is 17.7 Å². The number of aliphatic hydroxyl groups is 1. The molecule has 0 radical (unpaired) electrons. The molecule has 3 aliphatic heterocycles. The van der Waals surface area contributed by atoms with Crippen LogP contribution in [-0.4, -0.2) is 81.5 Å². The summed E-state index contributed by atoms with van der Waals surface area (Å²) in [6.07, 6.45) is 2.74. The third-order valence-electron chi connectivity index (χ3n) is 10.0. The number of hydrogen-bond donors (Lipinski definition) is 2. The second-order valence-corrected chi connectivity index (χ2v) is 14.5. The van der Waals surface area contributed by atoms with E-state index >= 15 is 0 Å². The quantitative estimate of drug-likeness (QED) is 0.164. The molecule has 5 rings (SSSR count). The molecule has 3 fully saturated rings. The Hall–Kier alpha value is -3.80. The van der Waals surface area contributed by atoms with Gasteiger partial charge in [-0.3, -0.25) is 19.2 Å². The summed E-state index contributed by atoms with van der Waals surface area (Å²) in [5.41, 5.74) is 1.79. The van der Waals surface area contributed by atoms with Gasteiger partial charge in [0.2, 0.25) is 11.8 Å². The number of aliphatic hydroxyl groups excluding tert-OH is 1. The normalized spacial score (nSPS) is 27.2. The molecule has 49 heavy (non-hydrogen) atoms. The van der Waals surface area contributed by atoms with E-state index in [1.54, 1.807) is 30.9 Å². The number of alkyl halides is 1. The molecule has 0 aromatic heterocycles. The number of anilines is 1. The van der Waals surface area contributed by atoms with Crippen molar-refractivity contribution in [2.45, 2.75) is 87.7 Å². The first-order valence-electron chi connectivity index (χ1n) is 16.8. The fourth-order valence-corrected chi connectivity index (χ4v) is 8.86. The highest BCUT2D eigenvalue weighted by Gasteiger charge is 2.77. The largest absolute Gasteiger partial charge is 0.455 e. The van der Waals surface area contributed by atoms with Crippen LogP contribution < -0.4 is 10.2 Å². The molecule has 9 atom stereocenters. The Labute approximate surface area is 296 Å². The zero-order valence-corrected chi connectivity index (χ0v) is 30.1. The second-order valence-electron chi connectivity index (χ2n) is 13.4. The number of likely N-dealkylation sites (tertiary alicyclic amines) is 1. The maximum atomic E-state index is 14.9. The average Bonchev–Trinajstić information content (AvgIpc) is 3.68. The van der Waals surface area contributed by atoms with Gasteiger partial charge in [0.25, 0.3) is 5.91 Å². The van der Waals surface area contributed by atoms with Gasteiger partial charge in [-0.2, -0.15) is 0 Å². The van der Waals surface area contributed by atoms with E-state index in [2.05, 4.69) is 34.4 Å². The summed E-state index contributed by atoms with van der Waals surface area (Å²) in [6, 6.07) is 12.4. The maximum Gasteiger partial charge on any atom is 0.313 e. The van der Waals surface area contributed by atoms with E-state index in [0.717, 1.165) is 11.1 Å². The van der Waals surface area contributed by atoms with Crippen molar-refractivity contribution in [3.8, 4) is 0 Å². The van der Waals surface area contributed by atoms with Crippen molar-refractivity contribution in [3.63, 3.8) is 0 Å². The number of esters is 1. The Morgan fingerprint density at radius 3 is 2.41 bits per heavy atom. The smallest absolute Gasteiger partial charge is 0.313 e. The van der Waals surface area contributed by atoms with Crippen LogP contribution in [0.1, 0.15) is 55.9 Å². The molecule has 3 amide bonds. The minimum Gasteiger partial charge on any atom is -0.455 e. The number of carbonyl (C=O) groups excluding carboxylic acids is 4. The molecule has 2 aromatic rings. The van der Waals surface area contributed by atoms with Crippen molar-refractivity contribution < 1.29 is 33.8 Å². The number of hydrogen-bond acceptors (Lipinski definition) is 7. The zero-order valence-electron chi connectivity index (χ0n) is 28.5. The molecule has 262 valence electrons. The lowest BCUT2D eigenvalue weighted by Gasteiger charge is -2.39. The van der Waals surface area contributed by atoms with Crippen LogP contribution in [0.2, 0.25) is 0 Å². The third kappa shape index (κ3) is 6.60. The van der Waals surface area contributed by atoms with Crippen LogP contribution in [0.4, 0.5) is 5.69 Å². The van der Waals surface area contributed by atoms with Crippen LogP contribution in [0.25, 0.3) is 0 Å². The van der Waals surface area contributed by atoms with E-state index in [-0.39, 0.29) is 29.6 Å². The molecule has 0 aliphatic carbocycles. The number of allylic oxidation sites excluding steroid dienone is 1. The van der Waals surface area contributed by atoms with Crippen molar-refractivity contribution in [2.75, 3.05) is 18.1 Å². The highest BCUT2D eigenvalue weighted by atomic mass is 79.9. The summed E-state index contributed by atoms with van der Waals surface area (Å²) in [5.74, 6) is -3.75. The number of aryl methyl sites for hydroxylation is 2. The number of carbonyl (C=O) groups is 4. The van der Waals surface area contributed by atoms with Gasteiger partial charge >= 0.3 is 5.97 Å². The first kappa shape index (κ1) is 36.5. The first-order valence-corrected chi connectivity index (χ1v) is 17.7. The van der Waals surface area contributed by atoms with Crippen molar-refractivity contribution >= 4 is 45.3 Å². The molecule has 11 heteroatoms. The Bertz CT molecular complexity index is 1580. The molecule has 3 heterocycles. The lowest BCUT2D eigenvalue weighted by molar-refractivity contribution is -0.162. The molecular weight excluding hydrogens is 690 g/mol. The number of halogens is 1. The van der Waals surface area contributed by atoms with E-state index in [9.17, 15) is 24.3 Å².